The van der Waals surface area contributed by atoms with Gasteiger partial charge in [-0.25, -0.2) is 9.98 Å². The van der Waals surface area contributed by atoms with Gasteiger partial charge in [-0.2, -0.15) is 0 Å². The number of rotatable bonds is 9. The van der Waals surface area contributed by atoms with Gasteiger partial charge < -0.3 is 24.2 Å². The van der Waals surface area contributed by atoms with E-state index in [9.17, 15) is 0 Å². The molecule has 2 aromatic rings. The van der Waals surface area contributed by atoms with E-state index in [1.54, 1.807) is 19.6 Å². The molecule has 0 aromatic carbocycles. The second-order valence-electron chi connectivity index (χ2n) is 6.73. The minimum absolute atomic E-state index is 0.470. The number of hydrogen-bond acceptors (Lipinski definition) is 7. The van der Waals surface area contributed by atoms with Crippen LogP contribution in [0, 0.1) is 0 Å². The lowest BCUT2D eigenvalue weighted by Crippen LogP contribution is -2.52. The van der Waals surface area contributed by atoms with Crippen LogP contribution in [0.1, 0.15) is 18.2 Å². The van der Waals surface area contributed by atoms with E-state index in [4.69, 9.17) is 19.0 Å². The van der Waals surface area contributed by atoms with Crippen LogP contribution in [0.15, 0.2) is 40.2 Å². The number of ether oxygens (including phenoxy) is 2. The van der Waals surface area contributed by atoms with Crippen LogP contribution >= 0.6 is 0 Å². The van der Waals surface area contributed by atoms with Gasteiger partial charge in [0.15, 0.2) is 5.96 Å². The monoisotopic (exact) mass is 402 g/mol. The maximum atomic E-state index is 5.72. The first kappa shape index (κ1) is 21.1. The summed E-state index contributed by atoms with van der Waals surface area (Å²) in [6, 6.07) is 5.82. The lowest BCUT2D eigenvalue weighted by atomic mass is 10.2. The number of piperazine rings is 1. The standard InChI is InChI=1S/C20H30N6O3/c1-3-21-20(23-15-17-5-4-7-22-19(17)28-14-13-27-2)26-10-8-25(9-11-26)16-18-6-12-29-24-18/h4-7,12H,3,8-11,13-16H2,1-2H3,(H,21,23). The molecule has 1 N–H and O–H groups in total. The van der Waals surface area contributed by atoms with E-state index in [0.29, 0.717) is 25.6 Å². The van der Waals surface area contributed by atoms with E-state index >= 15 is 0 Å². The molecule has 0 saturated carbocycles. The van der Waals surface area contributed by atoms with Gasteiger partial charge in [-0.3, -0.25) is 4.90 Å². The van der Waals surface area contributed by atoms with Crippen LogP contribution in [0.3, 0.4) is 0 Å². The Balaban J connectivity index is 1.58. The van der Waals surface area contributed by atoms with Crippen LogP contribution in [0.5, 0.6) is 5.88 Å². The summed E-state index contributed by atoms with van der Waals surface area (Å²) in [5, 5.41) is 7.40. The maximum absolute atomic E-state index is 5.72. The first-order chi connectivity index (χ1) is 14.3. The van der Waals surface area contributed by atoms with Gasteiger partial charge in [0.05, 0.1) is 18.8 Å². The van der Waals surface area contributed by atoms with E-state index in [2.05, 4.69) is 32.2 Å². The Hall–Kier alpha value is -2.65. The number of aliphatic imine (C=N–C) groups is 1. The number of aromatic nitrogens is 2. The molecule has 9 nitrogen and oxygen atoms in total. The van der Waals surface area contributed by atoms with Gasteiger partial charge >= 0.3 is 0 Å². The predicted molar refractivity (Wildman–Crippen MR) is 110 cm³/mol. The fourth-order valence-electron chi connectivity index (χ4n) is 3.15. The molecule has 0 spiro atoms. The fourth-order valence-corrected chi connectivity index (χ4v) is 3.15. The van der Waals surface area contributed by atoms with Gasteiger partial charge in [-0.05, 0) is 13.0 Å². The zero-order chi connectivity index (χ0) is 20.3. The third-order valence-electron chi connectivity index (χ3n) is 4.66. The summed E-state index contributed by atoms with van der Waals surface area (Å²) in [5.74, 6) is 1.53. The first-order valence-electron chi connectivity index (χ1n) is 10.0. The van der Waals surface area contributed by atoms with Gasteiger partial charge in [-0.15, -0.1) is 0 Å². The van der Waals surface area contributed by atoms with Crippen LogP contribution in [0.25, 0.3) is 0 Å². The van der Waals surface area contributed by atoms with Crippen molar-refractivity contribution in [3.8, 4) is 5.88 Å². The number of nitrogens with one attached hydrogen (secondary N) is 1. The molecule has 0 aliphatic carbocycles. The minimum Gasteiger partial charge on any atom is -0.475 e. The Morgan fingerprint density at radius 3 is 2.83 bits per heavy atom. The van der Waals surface area contributed by atoms with Gasteiger partial charge in [0.2, 0.25) is 5.88 Å². The molecule has 29 heavy (non-hydrogen) atoms. The minimum atomic E-state index is 0.470. The number of hydrogen-bond donors (Lipinski definition) is 1. The van der Waals surface area contributed by atoms with Crippen molar-refractivity contribution in [3.63, 3.8) is 0 Å². The Bertz CT molecular complexity index is 744. The van der Waals surface area contributed by atoms with Crippen molar-refractivity contribution in [1.29, 1.82) is 0 Å². The molecule has 0 amide bonds. The van der Waals surface area contributed by atoms with Crippen LogP contribution in [0.4, 0.5) is 0 Å². The molecular formula is C20H30N6O3. The largest absolute Gasteiger partial charge is 0.475 e. The fraction of sp³-hybridized carbons (Fsp3) is 0.550. The van der Waals surface area contributed by atoms with Crippen LogP contribution in [-0.4, -0.2) is 78.9 Å². The summed E-state index contributed by atoms with van der Waals surface area (Å²) in [6.07, 6.45) is 3.35. The molecule has 1 aliphatic rings. The van der Waals surface area contributed by atoms with Crippen molar-refractivity contribution in [1.82, 2.24) is 25.3 Å². The average molecular weight is 402 g/mol. The topological polar surface area (TPSA) is 88.3 Å². The van der Waals surface area contributed by atoms with Crippen molar-refractivity contribution in [2.75, 3.05) is 53.0 Å². The molecule has 3 heterocycles. The van der Waals surface area contributed by atoms with Crippen molar-refractivity contribution in [2.24, 2.45) is 4.99 Å². The smallest absolute Gasteiger partial charge is 0.218 e. The third kappa shape index (κ3) is 6.43. The molecule has 0 radical (unpaired) electrons. The lowest BCUT2D eigenvalue weighted by Gasteiger charge is -2.36. The summed E-state index contributed by atoms with van der Waals surface area (Å²) in [7, 11) is 1.65. The van der Waals surface area contributed by atoms with Crippen molar-refractivity contribution in [3.05, 3.63) is 41.9 Å². The molecule has 158 valence electrons. The quantitative estimate of drug-likeness (QED) is 0.382. The molecule has 1 fully saturated rings. The second kappa shape index (κ2) is 11.4. The summed E-state index contributed by atoms with van der Waals surface area (Å²) in [4.78, 5) is 13.8. The van der Waals surface area contributed by atoms with E-state index in [1.807, 2.05) is 18.2 Å². The Labute approximate surface area is 171 Å². The van der Waals surface area contributed by atoms with Crippen molar-refractivity contribution < 1.29 is 14.0 Å². The highest BCUT2D eigenvalue weighted by atomic mass is 16.5. The molecular weight excluding hydrogens is 372 g/mol. The highest BCUT2D eigenvalue weighted by Crippen LogP contribution is 2.16. The van der Waals surface area contributed by atoms with E-state index in [1.165, 1.54) is 0 Å². The predicted octanol–water partition coefficient (Wildman–Crippen LogP) is 1.38. The summed E-state index contributed by atoms with van der Waals surface area (Å²) < 4.78 is 15.7. The number of guanidine groups is 1. The molecule has 1 aliphatic heterocycles. The molecule has 1 saturated heterocycles. The van der Waals surface area contributed by atoms with Gasteiger partial charge in [-0.1, -0.05) is 11.2 Å². The molecule has 0 atom stereocenters. The van der Waals surface area contributed by atoms with Gasteiger partial charge in [0.25, 0.3) is 0 Å². The van der Waals surface area contributed by atoms with E-state index < -0.39 is 0 Å². The van der Waals surface area contributed by atoms with Crippen molar-refractivity contribution in [2.45, 2.75) is 20.0 Å². The summed E-state index contributed by atoms with van der Waals surface area (Å²) in [5.41, 5.74) is 1.93. The van der Waals surface area contributed by atoms with E-state index in [0.717, 1.165) is 56.5 Å². The van der Waals surface area contributed by atoms with Crippen LogP contribution < -0.4 is 10.1 Å². The molecule has 0 bridgehead atoms. The normalized spacial score (nSPS) is 15.5. The first-order valence-corrected chi connectivity index (χ1v) is 10.0. The SMILES string of the molecule is CCNC(=NCc1cccnc1OCCOC)N1CCN(Cc2ccon2)CC1. The zero-order valence-corrected chi connectivity index (χ0v) is 17.2. The lowest BCUT2D eigenvalue weighted by molar-refractivity contribution is 0.143. The number of nitrogens with zero attached hydrogens (tertiary/aromatic N) is 5. The van der Waals surface area contributed by atoms with E-state index in [-0.39, 0.29) is 0 Å². The Morgan fingerprint density at radius 1 is 1.24 bits per heavy atom. The van der Waals surface area contributed by atoms with Gasteiger partial charge in [0.1, 0.15) is 12.9 Å². The van der Waals surface area contributed by atoms with Gasteiger partial charge in [0, 0.05) is 64.2 Å². The summed E-state index contributed by atoms with van der Waals surface area (Å²) in [6.45, 7) is 8.96. The highest BCUT2D eigenvalue weighted by molar-refractivity contribution is 5.80. The molecule has 9 heteroatoms. The van der Waals surface area contributed by atoms with Crippen LogP contribution in [-0.2, 0) is 17.8 Å². The van der Waals surface area contributed by atoms with Crippen LogP contribution in [0.2, 0.25) is 0 Å². The average Bonchev–Trinajstić information content (AvgIpc) is 3.26. The third-order valence-corrected chi connectivity index (χ3v) is 4.66. The Kier molecular flexibility index (Phi) is 8.26. The maximum Gasteiger partial charge on any atom is 0.218 e. The van der Waals surface area contributed by atoms with Crippen molar-refractivity contribution >= 4 is 5.96 Å². The summed E-state index contributed by atoms with van der Waals surface area (Å²) >= 11 is 0. The molecule has 3 rings (SSSR count). The number of methoxy groups -OCH3 is 1. The second-order valence-corrected chi connectivity index (χ2v) is 6.73. The molecule has 2 aromatic heterocycles. The zero-order valence-electron chi connectivity index (χ0n) is 17.2. The molecule has 0 unspecified atom stereocenters. The number of pyridine rings is 1. The highest BCUT2D eigenvalue weighted by Gasteiger charge is 2.20. The Morgan fingerprint density at radius 2 is 2.10 bits per heavy atom.